The van der Waals surface area contributed by atoms with Crippen LogP contribution in [-0.2, 0) is 9.59 Å². The molecule has 0 saturated carbocycles. The van der Waals surface area contributed by atoms with E-state index in [-0.39, 0.29) is 12.5 Å². The maximum Gasteiger partial charge on any atom is 0.241 e. The largest absolute Gasteiger partial charge is 0.374 e. The van der Waals surface area contributed by atoms with Crippen LogP contribution in [0.4, 0.5) is 5.69 Å². The van der Waals surface area contributed by atoms with Gasteiger partial charge in [0.15, 0.2) is 0 Å². The van der Waals surface area contributed by atoms with Crippen molar-refractivity contribution in [3.05, 3.63) is 36.5 Å². The molecule has 0 bridgehead atoms. The standard InChI is InChI=1S/C16H18N4O2/c21-12-19-7-9-20(10-8-19)15(22)11-18-14-5-1-3-13-4-2-6-17-16(13)14/h1-6,12,18H,7-11H2. The number of hydrogen-bond donors (Lipinski definition) is 1. The Morgan fingerprint density at radius 3 is 2.73 bits per heavy atom. The van der Waals surface area contributed by atoms with E-state index in [0.29, 0.717) is 26.2 Å². The number of anilines is 1. The third-order valence-corrected chi connectivity index (χ3v) is 3.88. The number of pyridine rings is 1. The molecule has 1 N–H and O–H groups in total. The molecule has 6 heteroatoms. The number of carbonyl (C=O) groups is 2. The molecule has 1 aliphatic heterocycles. The van der Waals surface area contributed by atoms with Crippen LogP contribution >= 0.6 is 0 Å². The smallest absolute Gasteiger partial charge is 0.241 e. The van der Waals surface area contributed by atoms with Gasteiger partial charge in [0.1, 0.15) is 0 Å². The predicted octanol–water partition coefficient (Wildman–Crippen LogP) is 0.947. The molecule has 1 aromatic carbocycles. The lowest BCUT2D eigenvalue weighted by atomic mass is 10.2. The quantitative estimate of drug-likeness (QED) is 0.854. The minimum atomic E-state index is 0.0403. The van der Waals surface area contributed by atoms with Crippen molar-refractivity contribution >= 4 is 28.9 Å². The van der Waals surface area contributed by atoms with Crippen LogP contribution in [0.25, 0.3) is 10.9 Å². The fourth-order valence-electron chi connectivity index (χ4n) is 2.61. The average Bonchev–Trinajstić information content (AvgIpc) is 2.59. The molecule has 0 radical (unpaired) electrons. The lowest BCUT2D eigenvalue weighted by Crippen LogP contribution is -2.49. The topological polar surface area (TPSA) is 65.5 Å². The van der Waals surface area contributed by atoms with Crippen molar-refractivity contribution in [2.24, 2.45) is 0 Å². The van der Waals surface area contributed by atoms with Crippen molar-refractivity contribution in [1.29, 1.82) is 0 Å². The van der Waals surface area contributed by atoms with Gasteiger partial charge in [-0.25, -0.2) is 0 Å². The lowest BCUT2D eigenvalue weighted by Gasteiger charge is -2.32. The summed E-state index contributed by atoms with van der Waals surface area (Å²) < 4.78 is 0. The maximum absolute atomic E-state index is 12.2. The molecular weight excluding hydrogens is 280 g/mol. The zero-order chi connectivity index (χ0) is 15.4. The van der Waals surface area contributed by atoms with Crippen molar-refractivity contribution in [3.8, 4) is 0 Å². The molecule has 0 unspecified atom stereocenters. The molecule has 1 aliphatic rings. The number of rotatable bonds is 4. The SMILES string of the molecule is O=CN1CCN(C(=O)CNc2cccc3cccnc23)CC1. The second-order valence-electron chi connectivity index (χ2n) is 5.26. The molecule has 2 aromatic rings. The Morgan fingerprint density at radius 1 is 1.18 bits per heavy atom. The lowest BCUT2D eigenvalue weighted by molar-refractivity contribution is -0.133. The number of amides is 2. The van der Waals surface area contributed by atoms with Crippen LogP contribution in [0.3, 0.4) is 0 Å². The number of nitrogens with one attached hydrogen (secondary N) is 1. The summed E-state index contributed by atoms with van der Waals surface area (Å²) in [6, 6.07) is 9.75. The Balaban J connectivity index is 1.62. The summed E-state index contributed by atoms with van der Waals surface area (Å²) in [7, 11) is 0. The Labute approximate surface area is 128 Å². The molecule has 1 fully saturated rings. The monoisotopic (exact) mass is 298 g/mol. The number of fused-ring (bicyclic) bond motifs is 1. The first-order chi connectivity index (χ1) is 10.8. The molecule has 1 saturated heterocycles. The van der Waals surface area contributed by atoms with Crippen molar-refractivity contribution in [2.75, 3.05) is 38.0 Å². The summed E-state index contributed by atoms with van der Waals surface area (Å²) in [5, 5.41) is 4.21. The van der Waals surface area contributed by atoms with Gasteiger partial charge in [-0.3, -0.25) is 14.6 Å². The number of para-hydroxylation sites is 1. The van der Waals surface area contributed by atoms with Crippen LogP contribution in [-0.4, -0.2) is 59.8 Å². The first-order valence-electron chi connectivity index (χ1n) is 7.32. The summed E-state index contributed by atoms with van der Waals surface area (Å²) in [4.78, 5) is 30.7. The highest BCUT2D eigenvalue weighted by molar-refractivity contribution is 5.92. The second kappa shape index (κ2) is 6.43. The molecular formula is C16H18N4O2. The van der Waals surface area contributed by atoms with E-state index in [1.807, 2.05) is 30.3 Å². The zero-order valence-corrected chi connectivity index (χ0v) is 12.2. The van der Waals surface area contributed by atoms with Gasteiger partial charge in [0.2, 0.25) is 12.3 Å². The molecule has 114 valence electrons. The molecule has 6 nitrogen and oxygen atoms in total. The highest BCUT2D eigenvalue weighted by atomic mass is 16.2. The molecule has 3 rings (SSSR count). The van der Waals surface area contributed by atoms with Crippen LogP contribution in [0.2, 0.25) is 0 Å². The normalized spacial score (nSPS) is 14.9. The van der Waals surface area contributed by atoms with Gasteiger partial charge in [0, 0.05) is 37.8 Å². The first kappa shape index (κ1) is 14.3. The van der Waals surface area contributed by atoms with Crippen LogP contribution in [0.1, 0.15) is 0 Å². The third kappa shape index (κ3) is 3.00. The summed E-state index contributed by atoms with van der Waals surface area (Å²) in [5.74, 6) is 0.0403. The summed E-state index contributed by atoms with van der Waals surface area (Å²) in [6.45, 7) is 2.62. The fourth-order valence-corrected chi connectivity index (χ4v) is 2.61. The minimum absolute atomic E-state index is 0.0403. The molecule has 1 aromatic heterocycles. The van der Waals surface area contributed by atoms with E-state index in [2.05, 4.69) is 10.3 Å². The molecule has 0 aliphatic carbocycles. The van der Waals surface area contributed by atoms with Gasteiger partial charge in [0.05, 0.1) is 17.7 Å². The van der Waals surface area contributed by atoms with Crippen molar-refractivity contribution < 1.29 is 9.59 Å². The van der Waals surface area contributed by atoms with Crippen LogP contribution in [0.15, 0.2) is 36.5 Å². The zero-order valence-electron chi connectivity index (χ0n) is 12.2. The molecule has 0 spiro atoms. The predicted molar refractivity (Wildman–Crippen MR) is 84.4 cm³/mol. The Bertz CT molecular complexity index is 675. The summed E-state index contributed by atoms with van der Waals surface area (Å²) in [6.07, 6.45) is 2.58. The van der Waals surface area contributed by atoms with Gasteiger partial charge >= 0.3 is 0 Å². The summed E-state index contributed by atoms with van der Waals surface area (Å²) in [5.41, 5.74) is 1.72. The van der Waals surface area contributed by atoms with Crippen LogP contribution < -0.4 is 5.32 Å². The molecule has 2 heterocycles. The molecule has 2 amide bonds. The van der Waals surface area contributed by atoms with E-state index in [1.54, 1.807) is 16.0 Å². The van der Waals surface area contributed by atoms with Gasteiger partial charge in [-0.15, -0.1) is 0 Å². The summed E-state index contributed by atoms with van der Waals surface area (Å²) >= 11 is 0. The van der Waals surface area contributed by atoms with E-state index in [9.17, 15) is 9.59 Å². The maximum atomic E-state index is 12.2. The number of hydrogen-bond acceptors (Lipinski definition) is 4. The molecule has 22 heavy (non-hydrogen) atoms. The van der Waals surface area contributed by atoms with Gasteiger partial charge in [-0.1, -0.05) is 18.2 Å². The van der Waals surface area contributed by atoms with E-state index < -0.39 is 0 Å². The Kier molecular flexibility index (Phi) is 4.18. The first-order valence-corrected chi connectivity index (χ1v) is 7.32. The van der Waals surface area contributed by atoms with Crippen LogP contribution in [0.5, 0.6) is 0 Å². The van der Waals surface area contributed by atoms with Gasteiger partial charge < -0.3 is 15.1 Å². The number of piperazine rings is 1. The van der Waals surface area contributed by atoms with E-state index >= 15 is 0 Å². The Morgan fingerprint density at radius 2 is 1.95 bits per heavy atom. The van der Waals surface area contributed by atoms with E-state index in [1.165, 1.54) is 0 Å². The van der Waals surface area contributed by atoms with Gasteiger partial charge in [0.25, 0.3) is 0 Å². The minimum Gasteiger partial charge on any atom is -0.374 e. The fraction of sp³-hybridized carbons (Fsp3) is 0.312. The number of aromatic nitrogens is 1. The van der Waals surface area contributed by atoms with Crippen molar-refractivity contribution in [2.45, 2.75) is 0 Å². The van der Waals surface area contributed by atoms with E-state index in [4.69, 9.17) is 0 Å². The molecule has 0 atom stereocenters. The second-order valence-corrected chi connectivity index (χ2v) is 5.26. The Hall–Kier alpha value is -2.63. The highest BCUT2D eigenvalue weighted by Crippen LogP contribution is 2.20. The average molecular weight is 298 g/mol. The number of carbonyl (C=O) groups excluding carboxylic acids is 2. The van der Waals surface area contributed by atoms with Gasteiger partial charge in [-0.05, 0) is 12.1 Å². The third-order valence-electron chi connectivity index (χ3n) is 3.88. The highest BCUT2D eigenvalue weighted by Gasteiger charge is 2.19. The van der Waals surface area contributed by atoms with Crippen LogP contribution in [0, 0.1) is 0 Å². The van der Waals surface area contributed by atoms with Gasteiger partial charge in [-0.2, -0.15) is 0 Å². The van der Waals surface area contributed by atoms with Crippen molar-refractivity contribution in [3.63, 3.8) is 0 Å². The number of benzene rings is 1. The van der Waals surface area contributed by atoms with E-state index in [0.717, 1.165) is 23.0 Å². The number of nitrogens with zero attached hydrogens (tertiary/aromatic N) is 3. The van der Waals surface area contributed by atoms with Crippen molar-refractivity contribution in [1.82, 2.24) is 14.8 Å².